The van der Waals surface area contributed by atoms with Crippen molar-refractivity contribution in [3.05, 3.63) is 0 Å². The molecule has 7 N–H and O–H groups in total. The number of carbonyl (C=O) groups is 2. The normalized spacial score (nSPS) is 18.5. The largest absolute Gasteiger partial charge is 0.470 e. The predicted octanol–water partition coefficient (Wildman–Crippen LogP) is -3.34. The van der Waals surface area contributed by atoms with E-state index in [1.807, 2.05) is 0 Å². The van der Waals surface area contributed by atoms with Crippen LogP contribution < -0.4 is 5.73 Å². The molecule has 0 fully saturated rings. The zero-order valence-corrected chi connectivity index (χ0v) is 10.8. The van der Waals surface area contributed by atoms with Gasteiger partial charge in [-0.2, -0.15) is 0 Å². The summed E-state index contributed by atoms with van der Waals surface area (Å²) < 4.78 is 14.8. The molecular weight excluding hydrogens is 285 g/mol. The Morgan fingerprint density at radius 3 is 2.11 bits per heavy atom. The summed E-state index contributed by atoms with van der Waals surface area (Å²) in [6.07, 6.45) is -5.99. The maximum atomic E-state index is 11.3. The molecule has 0 rings (SSSR count). The molecule has 4 atom stereocenters. The first-order valence-corrected chi connectivity index (χ1v) is 6.55. The second-order valence-corrected chi connectivity index (χ2v) is 4.94. The minimum absolute atomic E-state index is 0.867. The highest BCUT2D eigenvalue weighted by Crippen LogP contribution is 2.39. The lowest BCUT2D eigenvalue weighted by Crippen LogP contribution is -2.54. The second-order valence-electron chi connectivity index (χ2n) is 3.75. The summed E-state index contributed by atoms with van der Waals surface area (Å²) in [6.45, 7) is -0.102. The van der Waals surface area contributed by atoms with Crippen molar-refractivity contribution in [2.24, 2.45) is 5.73 Å². The second kappa shape index (κ2) is 7.17. The first kappa shape index (κ1) is 18.3. The fourth-order valence-corrected chi connectivity index (χ4v) is 1.78. The van der Waals surface area contributed by atoms with Crippen LogP contribution in [0.15, 0.2) is 0 Å². The minimum Gasteiger partial charge on any atom is -0.394 e. The molecule has 0 saturated carbocycles. The zero-order chi connectivity index (χ0) is 15.4. The van der Waals surface area contributed by atoms with Crippen LogP contribution in [-0.4, -0.2) is 67.6 Å². The number of hydrogen-bond acceptors (Lipinski definition) is 8. The number of aliphatic hydroxyl groups excluding tert-OH is 3. The standard InChI is InChI=1S/C8H16NO9P/c1-3(11)6(13)5(9)8(18-19(15,16)17)7(14)4(12)2-10/h4-5,7-8,10,12,14H,2,9H2,1H3,(H2,15,16,17)/t4-,5+,7-,8-/m1/s1. The molecule has 0 bridgehead atoms. The predicted molar refractivity (Wildman–Crippen MR) is 59.7 cm³/mol. The molecule has 0 unspecified atom stereocenters. The average Bonchev–Trinajstić information content (AvgIpc) is 2.30. The maximum absolute atomic E-state index is 11.3. The highest BCUT2D eigenvalue weighted by atomic mass is 31.2. The number of ketones is 2. The number of Topliss-reactive ketones (excluding diaryl/α,β-unsaturated/α-hetero) is 2. The molecule has 19 heavy (non-hydrogen) atoms. The Kier molecular flexibility index (Phi) is 6.91. The number of aliphatic hydroxyl groups is 3. The van der Waals surface area contributed by atoms with Crippen molar-refractivity contribution in [1.82, 2.24) is 0 Å². The molecule has 0 aliphatic rings. The van der Waals surface area contributed by atoms with Crippen LogP contribution in [0.4, 0.5) is 0 Å². The number of carbonyl (C=O) groups excluding carboxylic acids is 2. The SMILES string of the molecule is CC(=O)C(=O)[C@H](N)[C@@H](OP(=O)(O)O)[C@H](O)[C@H](O)CO. The fourth-order valence-electron chi connectivity index (χ4n) is 1.21. The molecule has 0 aromatic rings. The number of nitrogens with two attached hydrogens (primary N) is 1. The summed E-state index contributed by atoms with van der Waals surface area (Å²) in [5.41, 5.74) is 5.27. The number of phosphoric ester groups is 1. The van der Waals surface area contributed by atoms with E-state index in [0.717, 1.165) is 6.92 Å². The zero-order valence-electron chi connectivity index (χ0n) is 9.91. The number of hydrogen-bond donors (Lipinski definition) is 6. The van der Waals surface area contributed by atoms with E-state index < -0.39 is 50.3 Å². The fraction of sp³-hybridized carbons (Fsp3) is 0.750. The first-order valence-electron chi connectivity index (χ1n) is 5.02. The van der Waals surface area contributed by atoms with E-state index in [1.165, 1.54) is 0 Å². The summed E-state index contributed by atoms with van der Waals surface area (Å²) in [4.78, 5) is 39.5. The molecule has 0 heterocycles. The topological polar surface area (TPSA) is 188 Å². The molecule has 0 aliphatic carbocycles. The molecule has 0 aromatic heterocycles. The highest BCUT2D eigenvalue weighted by molar-refractivity contribution is 7.46. The van der Waals surface area contributed by atoms with Crippen LogP contribution in [0.2, 0.25) is 0 Å². The molecular formula is C8H16NO9P. The average molecular weight is 301 g/mol. The van der Waals surface area contributed by atoms with Gasteiger partial charge in [-0.15, -0.1) is 0 Å². The number of phosphoric acid groups is 1. The Balaban J connectivity index is 5.22. The lowest BCUT2D eigenvalue weighted by molar-refractivity contribution is -0.140. The Morgan fingerprint density at radius 2 is 1.79 bits per heavy atom. The van der Waals surface area contributed by atoms with E-state index in [1.54, 1.807) is 0 Å². The van der Waals surface area contributed by atoms with Crippen LogP contribution in [0.3, 0.4) is 0 Å². The summed E-state index contributed by atoms with van der Waals surface area (Å²) >= 11 is 0. The summed E-state index contributed by atoms with van der Waals surface area (Å²) in [6, 6.07) is -1.90. The third-order valence-corrected chi connectivity index (χ3v) is 2.70. The smallest absolute Gasteiger partial charge is 0.394 e. The van der Waals surface area contributed by atoms with Gasteiger partial charge in [-0.3, -0.25) is 14.1 Å². The molecule has 10 nitrogen and oxygen atoms in total. The summed E-state index contributed by atoms with van der Waals surface area (Å²) in [5, 5.41) is 27.3. The molecule has 0 saturated heterocycles. The molecule has 0 aliphatic heterocycles. The highest BCUT2D eigenvalue weighted by Gasteiger charge is 2.40. The van der Waals surface area contributed by atoms with Gasteiger partial charge in [0.25, 0.3) is 0 Å². The van der Waals surface area contributed by atoms with E-state index in [0.29, 0.717) is 0 Å². The van der Waals surface area contributed by atoms with Crippen molar-refractivity contribution >= 4 is 19.4 Å². The molecule has 0 aromatic carbocycles. The van der Waals surface area contributed by atoms with Crippen molar-refractivity contribution < 1.29 is 43.8 Å². The van der Waals surface area contributed by atoms with E-state index in [4.69, 9.17) is 20.6 Å². The summed E-state index contributed by atoms with van der Waals surface area (Å²) in [5.74, 6) is -2.26. The van der Waals surface area contributed by atoms with Crippen LogP contribution in [0.1, 0.15) is 6.92 Å². The van der Waals surface area contributed by atoms with Gasteiger partial charge in [0.2, 0.25) is 5.78 Å². The van der Waals surface area contributed by atoms with Gasteiger partial charge in [-0.25, -0.2) is 4.57 Å². The Bertz CT molecular complexity index is 380. The van der Waals surface area contributed by atoms with Gasteiger partial charge in [0, 0.05) is 6.92 Å². The van der Waals surface area contributed by atoms with Gasteiger partial charge in [-0.05, 0) is 0 Å². The van der Waals surface area contributed by atoms with Crippen molar-refractivity contribution in [3.8, 4) is 0 Å². The quantitative estimate of drug-likeness (QED) is 0.195. The van der Waals surface area contributed by atoms with Gasteiger partial charge in [-0.1, -0.05) is 0 Å². The molecule has 11 heteroatoms. The molecule has 0 radical (unpaired) electrons. The van der Waals surface area contributed by atoms with Crippen LogP contribution in [-0.2, 0) is 18.7 Å². The Morgan fingerprint density at radius 1 is 1.32 bits per heavy atom. The van der Waals surface area contributed by atoms with Gasteiger partial charge in [0.1, 0.15) is 24.4 Å². The van der Waals surface area contributed by atoms with Crippen LogP contribution in [0, 0.1) is 0 Å². The molecule has 0 amide bonds. The Labute approximate surface area is 108 Å². The van der Waals surface area contributed by atoms with E-state index in [-0.39, 0.29) is 0 Å². The number of rotatable bonds is 8. The van der Waals surface area contributed by atoms with Crippen molar-refractivity contribution in [2.45, 2.75) is 31.3 Å². The van der Waals surface area contributed by atoms with Crippen molar-refractivity contribution in [1.29, 1.82) is 0 Å². The van der Waals surface area contributed by atoms with E-state index in [9.17, 15) is 24.4 Å². The molecule has 112 valence electrons. The maximum Gasteiger partial charge on any atom is 0.470 e. The molecule has 0 spiro atoms. The Hall–Kier alpha value is -0.710. The third kappa shape index (κ3) is 5.85. The van der Waals surface area contributed by atoms with Gasteiger partial charge in [0.15, 0.2) is 5.78 Å². The van der Waals surface area contributed by atoms with E-state index >= 15 is 0 Å². The van der Waals surface area contributed by atoms with Gasteiger partial charge in [0.05, 0.1) is 6.61 Å². The lowest BCUT2D eigenvalue weighted by Gasteiger charge is -2.29. The monoisotopic (exact) mass is 301 g/mol. The van der Waals surface area contributed by atoms with Crippen molar-refractivity contribution in [2.75, 3.05) is 6.61 Å². The minimum atomic E-state index is -5.15. The van der Waals surface area contributed by atoms with Gasteiger partial charge < -0.3 is 30.8 Å². The van der Waals surface area contributed by atoms with Crippen LogP contribution >= 0.6 is 7.82 Å². The lowest BCUT2D eigenvalue weighted by atomic mass is 9.97. The van der Waals surface area contributed by atoms with Crippen molar-refractivity contribution in [3.63, 3.8) is 0 Å². The third-order valence-electron chi connectivity index (χ3n) is 2.18. The van der Waals surface area contributed by atoms with Crippen LogP contribution in [0.5, 0.6) is 0 Å². The first-order chi connectivity index (χ1) is 8.51. The van der Waals surface area contributed by atoms with Gasteiger partial charge >= 0.3 is 7.82 Å². The van der Waals surface area contributed by atoms with Crippen LogP contribution in [0.25, 0.3) is 0 Å². The summed E-state index contributed by atoms with van der Waals surface area (Å²) in [7, 11) is -5.15. The van der Waals surface area contributed by atoms with E-state index in [2.05, 4.69) is 4.52 Å².